The number of carbonyl (C=O) groups excluding carboxylic acids is 2. The van der Waals surface area contributed by atoms with Crippen molar-refractivity contribution in [3.05, 3.63) is 0 Å². The molecule has 1 spiro atoms. The zero-order chi connectivity index (χ0) is 9.43. The molecule has 3 atom stereocenters. The lowest BCUT2D eigenvalue weighted by Crippen LogP contribution is -2.88. The first-order valence-corrected chi connectivity index (χ1v) is 5.28. The van der Waals surface area contributed by atoms with Crippen molar-refractivity contribution in [1.29, 1.82) is 0 Å². The summed E-state index contributed by atoms with van der Waals surface area (Å²) in [4.78, 5) is 22.8. The molecule has 0 aromatic carbocycles. The van der Waals surface area contributed by atoms with Crippen molar-refractivity contribution in [2.45, 2.75) is 36.4 Å². The molecule has 3 aliphatic heterocycles. The number of nitrogens with one attached hydrogen (secondary N) is 1. The molecule has 13 heavy (non-hydrogen) atoms. The second-order valence-electron chi connectivity index (χ2n) is 4.43. The zero-order valence-corrected chi connectivity index (χ0v) is 8.35. The standard InChI is InChI=1S/C8H10N2O2S/c1-8(2)6-7(12)9-10(6)4(11)3-5(10)13-8/h5-6H,3H2,1-2H3/p+1/t5-,6+,10?/m1/s1. The monoisotopic (exact) mass is 199 g/mol. The van der Waals surface area contributed by atoms with Crippen LogP contribution in [0.3, 0.4) is 0 Å². The Hall–Kier alpha value is -0.550. The Bertz CT molecular complexity index is 341. The van der Waals surface area contributed by atoms with Crippen molar-refractivity contribution in [3.8, 4) is 0 Å². The van der Waals surface area contributed by atoms with Crippen molar-refractivity contribution in [1.82, 2.24) is 5.43 Å². The number of thioether (sulfide) groups is 1. The number of nitrogens with zero attached hydrogens (tertiary/aromatic N) is 1. The molecular weight excluding hydrogens is 188 g/mol. The van der Waals surface area contributed by atoms with Gasteiger partial charge in [0.15, 0.2) is 5.37 Å². The summed E-state index contributed by atoms with van der Waals surface area (Å²) in [6.07, 6.45) is 0.616. The number of rotatable bonds is 0. The lowest BCUT2D eigenvalue weighted by Gasteiger charge is -2.52. The molecule has 0 radical (unpaired) electrons. The first-order valence-electron chi connectivity index (χ1n) is 4.40. The van der Waals surface area contributed by atoms with E-state index in [2.05, 4.69) is 5.43 Å². The van der Waals surface area contributed by atoms with Gasteiger partial charge in [-0.15, -0.1) is 4.59 Å². The van der Waals surface area contributed by atoms with Crippen LogP contribution in [0.5, 0.6) is 0 Å². The highest BCUT2D eigenvalue weighted by atomic mass is 32.2. The van der Waals surface area contributed by atoms with Crippen LogP contribution in [-0.2, 0) is 9.59 Å². The van der Waals surface area contributed by atoms with Crippen LogP contribution < -0.4 is 5.43 Å². The van der Waals surface area contributed by atoms with Crippen molar-refractivity contribution in [2.75, 3.05) is 0 Å². The molecule has 70 valence electrons. The molecule has 0 aliphatic carbocycles. The average Bonchev–Trinajstić information content (AvgIpc) is 2.10. The third-order valence-electron chi connectivity index (χ3n) is 3.27. The molecule has 1 unspecified atom stereocenters. The Balaban J connectivity index is 2.08. The fourth-order valence-electron chi connectivity index (χ4n) is 2.71. The van der Waals surface area contributed by atoms with Crippen molar-refractivity contribution in [3.63, 3.8) is 0 Å². The molecular formula is C8H11N2O2S+. The Morgan fingerprint density at radius 3 is 2.69 bits per heavy atom. The molecule has 0 saturated carbocycles. The zero-order valence-electron chi connectivity index (χ0n) is 7.53. The Kier molecular flexibility index (Phi) is 1.07. The maximum atomic E-state index is 11.5. The van der Waals surface area contributed by atoms with E-state index >= 15 is 0 Å². The summed E-state index contributed by atoms with van der Waals surface area (Å²) < 4.78 is 0.162. The SMILES string of the molecule is CC1(C)S[C@@H]2CC(=O)[N+]23NC(=O)[C@@H]13. The number of β-lactam (4-membered cyclic amide) rings is 1. The summed E-state index contributed by atoms with van der Waals surface area (Å²) in [5.41, 5.74) is 2.75. The summed E-state index contributed by atoms with van der Waals surface area (Å²) in [7, 11) is 0. The summed E-state index contributed by atoms with van der Waals surface area (Å²) >= 11 is 1.76. The minimum atomic E-state index is -0.135. The van der Waals surface area contributed by atoms with E-state index in [1.54, 1.807) is 11.8 Å². The molecule has 3 fully saturated rings. The molecule has 3 heterocycles. The van der Waals surface area contributed by atoms with Crippen LogP contribution >= 0.6 is 11.8 Å². The van der Waals surface area contributed by atoms with E-state index in [1.807, 2.05) is 13.8 Å². The molecule has 3 aliphatic rings. The highest BCUT2D eigenvalue weighted by molar-refractivity contribution is 8.01. The fourth-order valence-corrected chi connectivity index (χ4v) is 4.50. The molecule has 3 saturated heterocycles. The molecule has 3 rings (SSSR count). The van der Waals surface area contributed by atoms with Gasteiger partial charge in [-0.3, -0.25) is 4.79 Å². The van der Waals surface area contributed by atoms with Gasteiger partial charge in [0.05, 0.1) is 4.75 Å². The van der Waals surface area contributed by atoms with Gasteiger partial charge in [0.25, 0.3) is 0 Å². The highest BCUT2D eigenvalue weighted by Gasteiger charge is 2.80. The maximum Gasteiger partial charge on any atom is 0.346 e. The summed E-state index contributed by atoms with van der Waals surface area (Å²) in [6.45, 7) is 4.10. The molecule has 4 nitrogen and oxygen atoms in total. The summed E-state index contributed by atoms with van der Waals surface area (Å²) in [5.74, 6) is 0.209. The largest absolute Gasteiger partial charge is 0.346 e. The third kappa shape index (κ3) is 0.595. The van der Waals surface area contributed by atoms with E-state index < -0.39 is 0 Å². The second kappa shape index (κ2) is 1.79. The van der Waals surface area contributed by atoms with E-state index in [1.165, 1.54) is 0 Å². The number of quaternary nitrogens is 1. The summed E-state index contributed by atoms with van der Waals surface area (Å²) in [5, 5.41) is 0.283. The van der Waals surface area contributed by atoms with E-state index in [9.17, 15) is 9.59 Å². The minimum Gasteiger partial charge on any atom is -0.263 e. The lowest BCUT2D eigenvalue weighted by atomic mass is 9.92. The van der Waals surface area contributed by atoms with Gasteiger partial charge >= 0.3 is 11.8 Å². The van der Waals surface area contributed by atoms with Crippen molar-refractivity contribution < 1.29 is 14.2 Å². The normalized spacial score (nSPS) is 50.0. The molecule has 1 N–H and O–H groups in total. The molecule has 2 amide bonds. The van der Waals surface area contributed by atoms with Crippen LogP contribution in [0.15, 0.2) is 0 Å². The second-order valence-corrected chi connectivity index (χ2v) is 6.26. The Morgan fingerprint density at radius 2 is 2.23 bits per heavy atom. The first kappa shape index (κ1) is 7.82. The minimum absolute atomic E-state index is 0.0352. The Morgan fingerprint density at radius 1 is 1.54 bits per heavy atom. The van der Waals surface area contributed by atoms with Gasteiger partial charge in [-0.2, -0.15) is 5.43 Å². The number of hydrogen-bond donors (Lipinski definition) is 1. The van der Waals surface area contributed by atoms with Crippen LogP contribution in [0.2, 0.25) is 0 Å². The van der Waals surface area contributed by atoms with Crippen LogP contribution in [-0.4, -0.2) is 32.6 Å². The predicted octanol–water partition coefficient (Wildman–Crippen LogP) is -0.00160. The quantitative estimate of drug-likeness (QED) is 0.441. The number of carbonyl (C=O) groups is 2. The van der Waals surface area contributed by atoms with Gasteiger partial charge < -0.3 is 0 Å². The summed E-state index contributed by atoms with van der Waals surface area (Å²) in [6, 6.07) is -0.135. The Labute approximate surface area is 80.2 Å². The smallest absolute Gasteiger partial charge is 0.263 e. The number of hydrogen-bond acceptors (Lipinski definition) is 3. The molecule has 0 bridgehead atoms. The van der Waals surface area contributed by atoms with Crippen LogP contribution in [0.4, 0.5) is 0 Å². The van der Waals surface area contributed by atoms with Gasteiger partial charge in [0.1, 0.15) is 6.42 Å². The molecule has 5 heteroatoms. The molecule has 0 aromatic heterocycles. The van der Waals surface area contributed by atoms with Gasteiger partial charge in [-0.1, -0.05) is 11.8 Å². The van der Waals surface area contributed by atoms with E-state index in [4.69, 9.17) is 0 Å². The first-order chi connectivity index (χ1) is 5.98. The average molecular weight is 199 g/mol. The lowest BCUT2D eigenvalue weighted by molar-refractivity contribution is -0.961. The van der Waals surface area contributed by atoms with E-state index in [-0.39, 0.29) is 32.6 Å². The predicted molar refractivity (Wildman–Crippen MR) is 47.3 cm³/mol. The maximum absolute atomic E-state index is 11.5. The fraction of sp³-hybridized carbons (Fsp3) is 0.750. The van der Waals surface area contributed by atoms with Gasteiger partial charge in [0, 0.05) is 0 Å². The van der Waals surface area contributed by atoms with Crippen molar-refractivity contribution in [2.24, 2.45) is 0 Å². The van der Waals surface area contributed by atoms with Crippen LogP contribution in [0, 0.1) is 0 Å². The van der Waals surface area contributed by atoms with E-state index in [0.29, 0.717) is 6.42 Å². The third-order valence-corrected chi connectivity index (χ3v) is 4.87. The van der Waals surface area contributed by atoms with Crippen LogP contribution in [0.25, 0.3) is 0 Å². The van der Waals surface area contributed by atoms with Crippen LogP contribution in [0.1, 0.15) is 20.3 Å². The van der Waals surface area contributed by atoms with Gasteiger partial charge in [-0.25, -0.2) is 4.79 Å². The topological polar surface area (TPSA) is 46.2 Å². The molecule has 0 aromatic rings. The highest BCUT2D eigenvalue weighted by Crippen LogP contribution is 2.58. The number of amides is 2. The van der Waals surface area contributed by atoms with Gasteiger partial charge in [-0.05, 0) is 13.8 Å². The van der Waals surface area contributed by atoms with E-state index in [0.717, 1.165) is 0 Å². The van der Waals surface area contributed by atoms with Crippen molar-refractivity contribution >= 4 is 23.6 Å². The van der Waals surface area contributed by atoms with Gasteiger partial charge in [0.2, 0.25) is 6.04 Å².